The zero-order valence-corrected chi connectivity index (χ0v) is 8.45. The number of nitrogens with two attached hydrogens (primary N) is 1. The van der Waals surface area contributed by atoms with E-state index >= 15 is 0 Å². The first kappa shape index (κ1) is 9.96. The van der Waals surface area contributed by atoms with E-state index in [9.17, 15) is 0 Å². The molecule has 0 bridgehead atoms. The van der Waals surface area contributed by atoms with Gasteiger partial charge in [-0.15, -0.1) is 0 Å². The van der Waals surface area contributed by atoms with Gasteiger partial charge in [0.1, 0.15) is 0 Å². The van der Waals surface area contributed by atoms with Gasteiger partial charge in [0.25, 0.3) is 0 Å². The van der Waals surface area contributed by atoms with Crippen molar-refractivity contribution in [2.24, 2.45) is 5.73 Å². The average molecular weight is 171 g/mol. The molecule has 0 radical (unpaired) electrons. The van der Waals surface area contributed by atoms with Crippen LogP contribution in [0.2, 0.25) is 0 Å². The van der Waals surface area contributed by atoms with E-state index in [0.29, 0.717) is 12.1 Å². The summed E-state index contributed by atoms with van der Waals surface area (Å²) >= 11 is 0. The molecule has 72 valence electrons. The summed E-state index contributed by atoms with van der Waals surface area (Å²) in [6.45, 7) is 5.59. The first-order valence-electron chi connectivity index (χ1n) is 4.79. The molecule has 1 aliphatic rings. The molecule has 1 rings (SSSR count). The van der Waals surface area contributed by atoms with Crippen LogP contribution in [0.1, 0.15) is 13.3 Å². The van der Waals surface area contributed by atoms with Crippen molar-refractivity contribution in [2.45, 2.75) is 25.4 Å². The molecule has 12 heavy (non-hydrogen) atoms. The van der Waals surface area contributed by atoms with Crippen molar-refractivity contribution in [2.75, 3.05) is 33.7 Å². The molecule has 3 heteroatoms. The van der Waals surface area contributed by atoms with Crippen LogP contribution in [-0.4, -0.2) is 55.6 Å². The number of hydrogen-bond acceptors (Lipinski definition) is 3. The second-order valence-electron chi connectivity index (χ2n) is 3.88. The van der Waals surface area contributed by atoms with E-state index in [1.165, 1.54) is 6.54 Å². The molecule has 1 heterocycles. The SMILES string of the molecule is CCC(N)C1CN(C)CCN1C. The molecule has 2 unspecified atom stereocenters. The van der Waals surface area contributed by atoms with Gasteiger partial charge in [0, 0.05) is 31.7 Å². The Hall–Kier alpha value is -0.120. The fraction of sp³-hybridized carbons (Fsp3) is 1.00. The Kier molecular flexibility index (Phi) is 3.50. The molecule has 1 aliphatic heterocycles. The second kappa shape index (κ2) is 4.21. The van der Waals surface area contributed by atoms with Crippen molar-refractivity contribution >= 4 is 0 Å². The molecule has 2 atom stereocenters. The Labute approximate surface area is 75.5 Å². The van der Waals surface area contributed by atoms with Crippen LogP contribution in [0, 0.1) is 0 Å². The van der Waals surface area contributed by atoms with Gasteiger partial charge < -0.3 is 10.6 Å². The lowest BCUT2D eigenvalue weighted by Crippen LogP contribution is -2.57. The molecule has 0 spiro atoms. The summed E-state index contributed by atoms with van der Waals surface area (Å²) in [6.07, 6.45) is 1.07. The quantitative estimate of drug-likeness (QED) is 0.633. The van der Waals surface area contributed by atoms with E-state index in [2.05, 4.69) is 30.8 Å². The van der Waals surface area contributed by atoms with Crippen LogP contribution in [-0.2, 0) is 0 Å². The first-order valence-corrected chi connectivity index (χ1v) is 4.79. The molecule has 0 aliphatic carbocycles. The van der Waals surface area contributed by atoms with Crippen molar-refractivity contribution in [3.8, 4) is 0 Å². The smallest absolute Gasteiger partial charge is 0.0371 e. The fourth-order valence-corrected chi connectivity index (χ4v) is 1.78. The van der Waals surface area contributed by atoms with Crippen molar-refractivity contribution in [3.63, 3.8) is 0 Å². The highest BCUT2D eigenvalue weighted by molar-refractivity contribution is 4.85. The minimum absolute atomic E-state index is 0.331. The summed E-state index contributed by atoms with van der Waals surface area (Å²) in [6, 6.07) is 0.881. The van der Waals surface area contributed by atoms with Gasteiger partial charge in [0.2, 0.25) is 0 Å². The third-order valence-corrected chi connectivity index (χ3v) is 2.86. The molecule has 0 aromatic rings. The lowest BCUT2D eigenvalue weighted by atomic mass is 10.0. The molecule has 0 aromatic heterocycles. The van der Waals surface area contributed by atoms with Crippen LogP contribution >= 0.6 is 0 Å². The van der Waals surface area contributed by atoms with Gasteiger partial charge >= 0.3 is 0 Å². The largest absolute Gasteiger partial charge is 0.326 e. The van der Waals surface area contributed by atoms with Gasteiger partial charge in [0.05, 0.1) is 0 Å². The monoisotopic (exact) mass is 171 g/mol. The maximum Gasteiger partial charge on any atom is 0.0371 e. The predicted octanol–water partition coefficient (Wildman–Crippen LogP) is -0.0305. The highest BCUT2D eigenvalue weighted by Crippen LogP contribution is 2.10. The van der Waals surface area contributed by atoms with Crippen molar-refractivity contribution < 1.29 is 0 Å². The van der Waals surface area contributed by atoms with Crippen LogP contribution in [0.3, 0.4) is 0 Å². The van der Waals surface area contributed by atoms with Crippen LogP contribution in [0.15, 0.2) is 0 Å². The highest BCUT2D eigenvalue weighted by Gasteiger charge is 2.26. The van der Waals surface area contributed by atoms with Gasteiger partial charge in [0.15, 0.2) is 0 Å². The molecular weight excluding hydrogens is 150 g/mol. The molecule has 2 N–H and O–H groups in total. The standard InChI is InChI=1S/C9H21N3/c1-4-8(10)9-7-11(2)5-6-12(9)3/h8-9H,4-7,10H2,1-3H3. The van der Waals surface area contributed by atoms with Crippen molar-refractivity contribution in [3.05, 3.63) is 0 Å². The zero-order valence-electron chi connectivity index (χ0n) is 8.45. The van der Waals surface area contributed by atoms with E-state index in [1.54, 1.807) is 0 Å². The normalized spacial score (nSPS) is 30.5. The van der Waals surface area contributed by atoms with Crippen LogP contribution in [0.5, 0.6) is 0 Å². The highest BCUT2D eigenvalue weighted by atomic mass is 15.3. The third kappa shape index (κ3) is 2.19. The van der Waals surface area contributed by atoms with Gasteiger partial charge in [-0.2, -0.15) is 0 Å². The summed E-state index contributed by atoms with van der Waals surface area (Å²) in [5.41, 5.74) is 6.03. The maximum absolute atomic E-state index is 6.03. The fourth-order valence-electron chi connectivity index (χ4n) is 1.78. The molecule has 0 aromatic carbocycles. The molecular formula is C9H21N3. The van der Waals surface area contributed by atoms with Gasteiger partial charge in [-0.3, -0.25) is 4.90 Å². The summed E-state index contributed by atoms with van der Waals surface area (Å²) in [7, 11) is 4.34. The molecule has 1 fully saturated rings. The van der Waals surface area contributed by atoms with Crippen molar-refractivity contribution in [1.82, 2.24) is 9.80 Å². The number of hydrogen-bond donors (Lipinski definition) is 1. The van der Waals surface area contributed by atoms with Crippen LogP contribution in [0.25, 0.3) is 0 Å². The number of nitrogens with zero attached hydrogens (tertiary/aromatic N) is 2. The summed E-state index contributed by atoms with van der Waals surface area (Å²) < 4.78 is 0. The Morgan fingerprint density at radius 2 is 2.08 bits per heavy atom. The van der Waals surface area contributed by atoms with E-state index in [4.69, 9.17) is 5.73 Å². The summed E-state index contributed by atoms with van der Waals surface area (Å²) in [4.78, 5) is 4.74. The maximum atomic E-state index is 6.03. The topological polar surface area (TPSA) is 32.5 Å². The molecule has 1 saturated heterocycles. The Bertz CT molecular complexity index is 134. The lowest BCUT2D eigenvalue weighted by Gasteiger charge is -2.40. The number of likely N-dealkylation sites (N-methyl/N-ethyl adjacent to an activating group) is 2. The minimum atomic E-state index is 0.331. The lowest BCUT2D eigenvalue weighted by molar-refractivity contribution is 0.0965. The van der Waals surface area contributed by atoms with E-state index in [-0.39, 0.29) is 0 Å². The van der Waals surface area contributed by atoms with Gasteiger partial charge in [-0.05, 0) is 20.5 Å². The number of piperazine rings is 1. The number of rotatable bonds is 2. The van der Waals surface area contributed by atoms with E-state index in [0.717, 1.165) is 19.5 Å². The van der Waals surface area contributed by atoms with Gasteiger partial charge in [-0.1, -0.05) is 6.92 Å². The Morgan fingerprint density at radius 3 is 2.67 bits per heavy atom. The third-order valence-electron chi connectivity index (χ3n) is 2.86. The average Bonchev–Trinajstić information content (AvgIpc) is 2.08. The minimum Gasteiger partial charge on any atom is -0.326 e. The van der Waals surface area contributed by atoms with Crippen LogP contribution in [0.4, 0.5) is 0 Å². The molecule has 0 saturated carbocycles. The molecule has 3 nitrogen and oxygen atoms in total. The van der Waals surface area contributed by atoms with Gasteiger partial charge in [-0.25, -0.2) is 0 Å². The zero-order chi connectivity index (χ0) is 9.14. The summed E-state index contributed by atoms with van der Waals surface area (Å²) in [5, 5.41) is 0. The predicted molar refractivity (Wildman–Crippen MR) is 52.2 cm³/mol. The summed E-state index contributed by atoms with van der Waals surface area (Å²) in [5.74, 6) is 0. The van der Waals surface area contributed by atoms with E-state index in [1.807, 2.05) is 0 Å². The van der Waals surface area contributed by atoms with Crippen LogP contribution < -0.4 is 5.73 Å². The first-order chi connectivity index (χ1) is 5.65. The van der Waals surface area contributed by atoms with Crippen molar-refractivity contribution in [1.29, 1.82) is 0 Å². The Morgan fingerprint density at radius 1 is 1.42 bits per heavy atom. The van der Waals surface area contributed by atoms with E-state index < -0.39 is 0 Å². The Balaban J connectivity index is 2.48. The molecule has 0 amide bonds. The second-order valence-corrected chi connectivity index (χ2v) is 3.88.